The Kier molecular flexibility index (Phi) is 8.19. The van der Waals surface area contributed by atoms with E-state index >= 15 is 0 Å². The minimum atomic E-state index is -0.850. The molecule has 0 unspecified atom stereocenters. The lowest BCUT2D eigenvalue weighted by molar-refractivity contribution is -0.122. The summed E-state index contributed by atoms with van der Waals surface area (Å²) in [7, 11) is 0. The van der Waals surface area contributed by atoms with Gasteiger partial charge in [0.1, 0.15) is 6.04 Å². The van der Waals surface area contributed by atoms with Gasteiger partial charge in [-0.3, -0.25) is 9.59 Å². The molecule has 1 N–H and O–H groups in total. The zero-order chi connectivity index (χ0) is 25.1. The second-order valence-corrected chi connectivity index (χ2v) is 9.89. The summed E-state index contributed by atoms with van der Waals surface area (Å²) in [6.07, 6.45) is 0.511. The number of halogens is 4. The molecule has 4 rings (SSSR count). The van der Waals surface area contributed by atoms with Crippen LogP contribution in [0.5, 0.6) is 0 Å². The third-order valence-corrected chi connectivity index (χ3v) is 7.09. The van der Waals surface area contributed by atoms with E-state index in [1.54, 1.807) is 41.3 Å². The van der Waals surface area contributed by atoms with Crippen LogP contribution in [0, 0.1) is 0 Å². The van der Waals surface area contributed by atoms with E-state index in [2.05, 4.69) is 5.32 Å². The van der Waals surface area contributed by atoms with Crippen LogP contribution in [0.2, 0.25) is 20.1 Å². The lowest BCUT2D eigenvalue weighted by atomic mass is 10.1. The number of para-hydroxylation sites is 1. The Labute approximate surface area is 228 Å². The van der Waals surface area contributed by atoms with Crippen molar-refractivity contribution in [3.8, 4) is 0 Å². The molecule has 3 aromatic rings. The molecule has 0 aromatic heterocycles. The first kappa shape index (κ1) is 25.7. The fourth-order valence-electron chi connectivity index (χ4n) is 3.87. The van der Waals surface area contributed by atoms with Crippen LogP contribution in [0.3, 0.4) is 0 Å². The number of benzene rings is 3. The van der Waals surface area contributed by atoms with E-state index < -0.39 is 17.9 Å². The van der Waals surface area contributed by atoms with Gasteiger partial charge in [0.25, 0.3) is 5.91 Å². The molecule has 35 heavy (non-hydrogen) atoms. The molecule has 0 bridgehead atoms. The largest absolute Gasteiger partial charge is 0.336 e. The summed E-state index contributed by atoms with van der Waals surface area (Å²) in [5.74, 6) is -0.872. The Hall–Kier alpha value is -2.35. The van der Waals surface area contributed by atoms with Gasteiger partial charge in [-0.15, -0.1) is 0 Å². The van der Waals surface area contributed by atoms with Crippen molar-refractivity contribution in [1.82, 2.24) is 4.90 Å². The molecule has 1 fully saturated rings. The van der Waals surface area contributed by atoms with Gasteiger partial charge in [-0.1, -0.05) is 82.8 Å². The zero-order valence-corrected chi connectivity index (χ0v) is 22.0. The van der Waals surface area contributed by atoms with Gasteiger partial charge in [-0.2, -0.15) is 0 Å². The van der Waals surface area contributed by atoms with Crippen LogP contribution in [0.15, 0.2) is 66.7 Å². The van der Waals surface area contributed by atoms with E-state index in [0.717, 1.165) is 10.5 Å². The second kappa shape index (κ2) is 11.1. The highest BCUT2D eigenvalue weighted by atomic mass is 35.5. The quantitative estimate of drug-likeness (QED) is 0.260. The number of carbonyl (C=O) groups is 2. The monoisotopic (exact) mass is 565 g/mol. The summed E-state index contributed by atoms with van der Waals surface area (Å²) in [6, 6.07) is 18.7. The first-order valence-electron chi connectivity index (χ1n) is 10.6. The fourth-order valence-corrected chi connectivity index (χ4v) is 5.10. The molecule has 1 heterocycles. The van der Waals surface area contributed by atoms with E-state index in [1.165, 1.54) is 0 Å². The molecule has 0 radical (unpaired) electrons. The molecule has 0 aliphatic carbocycles. The average Bonchev–Trinajstić information content (AvgIpc) is 3.11. The summed E-state index contributed by atoms with van der Waals surface area (Å²) >= 11 is 30.7. The predicted octanol–water partition coefficient (Wildman–Crippen LogP) is 6.87. The standard InChI is InChI=1S/C25H19Cl4N3O2S/c26-16-9-10-17(27)20(13-16)30-25(35)31(12-11-15-5-2-1-3-6-15)21-14-22(33)32(24(21)34)23-18(28)7-4-8-19(23)29/h1-10,13,21H,11-12,14H2,(H,30,35)/t21-/m1/s1. The van der Waals surface area contributed by atoms with Gasteiger partial charge in [0.2, 0.25) is 5.91 Å². The van der Waals surface area contributed by atoms with Crippen molar-refractivity contribution in [2.75, 3.05) is 16.8 Å². The summed E-state index contributed by atoms with van der Waals surface area (Å²) < 4.78 is 0. The van der Waals surface area contributed by atoms with E-state index in [1.807, 2.05) is 30.3 Å². The number of rotatable bonds is 6. The number of amides is 2. The van der Waals surface area contributed by atoms with Crippen molar-refractivity contribution in [3.05, 3.63) is 92.4 Å². The number of hydrogen-bond acceptors (Lipinski definition) is 3. The van der Waals surface area contributed by atoms with Crippen LogP contribution < -0.4 is 10.2 Å². The molecule has 2 amide bonds. The first-order chi connectivity index (χ1) is 16.8. The maximum Gasteiger partial charge on any atom is 0.257 e. The normalized spacial score (nSPS) is 15.4. The van der Waals surface area contributed by atoms with Crippen molar-refractivity contribution < 1.29 is 9.59 Å². The van der Waals surface area contributed by atoms with Crippen molar-refractivity contribution in [1.29, 1.82) is 0 Å². The fraction of sp³-hybridized carbons (Fsp3) is 0.160. The SMILES string of the molecule is O=C1C[C@@H](N(CCc2ccccc2)C(=S)Nc2cc(Cl)ccc2Cl)C(=O)N1c1c(Cl)cccc1Cl. The average molecular weight is 567 g/mol. The van der Waals surface area contributed by atoms with Crippen LogP contribution in [-0.4, -0.2) is 34.4 Å². The molecule has 5 nitrogen and oxygen atoms in total. The number of nitrogens with zero attached hydrogens (tertiary/aromatic N) is 2. The third-order valence-electron chi connectivity index (χ3n) is 5.58. The van der Waals surface area contributed by atoms with Crippen LogP contribution in [0.4, 0.5) is 11.4 Å². The molecule has 3 aromatic carbocycles. The number of nitrogens with one attached hydrogen (secondary N) is 1. The van der Waals surface area contributed by atoms with Crippen molar-refractivity contribution in [3.63, 3.8) is 0 Å². The second-order valence-electron chi connectivity index (χ2n) is 7.84. The molecular weight excluding hydrogens is 548 g/mol. The number of anilines is 2. The molecule has 0 spiro atoms. The predicted molar refractivity (Wildman–Crippen MR) is 147 cm³/mol. The minimum Gasteiger partial charge on any atom is -0.336 e. The Bertz CT molecular complexity index is 1270. The molecule has 10 heteroatoms. The minimum absolute atomic E-state index is 0.0831. The highest BCUT2D eigenvalue weighted by molar-refractivity contribution is 7.80. The molecule has 1 saturated heterocycles. The Morgan fingerprint density at radius 3 is 2.31 bits per heavy atom. The number of imide groups is 1. The summed E-state index contributed by atoms with van der Waals surface area (Å²) in [5.41, 5.74) is 1.73. The molecule has 1 atom stereocenters. The molecule has 1 aliphatic heterocycles. The lowest BCUT2D eigenvalue weighted by Crippen LogP contribution is -2.48. The van der Waals surface area contributed by atoms with Gasteiger partial charge in [0.05, 0.1) is 32.9 Å². The van der Waals surface area contributed by atoms with Gasteiger partial charge in [-0.05, 0) is 54.5 Å². The number of hydrogen-bond donors (Lipinski definition) is 1. The summed E-state index contributed by atoms with van der Waals surface area (Å²) in [5, 5.41) is 4.63. The smallest absolute Gasteiger partial charge is 0.257 e. The Balaban J connectivity index is 1.64. The van der Waals surface area contributed by atoms with E-state index in [4.69, 9.17) is 58.6 Å². The first-order valence-corrected chi connectivity index (χ1v) is 12.6. The summed E-state index contributed by atoms with van der Waals surface area (Å²) in [4.78, 5) is 29.3. The highest BCUT2D eigenvalue weighted by Gasteiger charge is 2.45. The van der Waals surface area contributed by atoms with Gasteiger partial charge in [-0.25, -0.2) is 4.90 Å². The molecular formula is C25H19Cl4N3O2S. The molecule has 180 valence electrons. The van der Waals surface area contributed by atoms with Crippen LogP contribution in [0.1, 0.15) is 12.0 Å². The number of thiocarbonyl (C=S) groups is 1. The van der Waals surface area contributed by atoms with E-state index in [-0.39, 0.29) is 27.3 Å². The zero-order valence-electron chi connectivity index (χ0n) is 18.2. The van der Waals surface area contributed by atoms with Gasteiger partial charge >= 0.3 is 0 Å². The van der Waals surface area contributed by atoms with Crippen LogP contribution in [-0.2, 0) is 16.0 Å². The third kappa shape index (κ3) is 5.74. The maximum absolute atomic E-state index is 13.6. The highest BCUT2D eigenvalue weighted by Crippen LogP contribution is 2.37. The Morgan fingerprint density at radius 2 is 1.63 bits per heavy atom. The van der Waals surface area contributed by atoms with Gasteiger partial charge < -0.3 is 10.2 Å². The summed E-state index contributed by atoms with van der Waals surface area (Å²) in [6.45, 7) is 0.377. The van der Waals surface area contributed by atoms with Gasteiger partial charge in [0.15, 0.2) is 5.11 Å². The van der Waals surface area contributed by atoms with Crippen LogP contribution in [0.25, 0.3) is 0 Å². The van der Waals surface area contributed by atoms with Gasteiger partial charge in [0, 0.05) is 11.6 Å². The van der Waals surface area contributed by atoms with Crippen LogP contribution >= 0.6 is 58.6 Å². The maximum atomic E-state index is 13.6. The molecule has 0 saturated carbocycles. The van der Waals surface area contributed by atoms with E-state index in [9.17, 15) is 9.59 Å². The van der Waals surface area contributed by atoms with E-state index in [0.29, 0.717) is 28.7 Å². The van der Waals surface area contributed by atoms with Crippen molar-refractivity contribution in [2.24, 2.45) is 0 Å². The van der Waals surface area contributed by atoms with Crippen molar-refractivity contribution in [2.45, 2.75) is 18.9 Å². The lowest BCUT2D eigenvalue weighted by Gasteiger charge is -2.30. The number of carbonyl (C=O) groups excluding carboxylic acids is 2. The topological polar surface area (TPSA) is 52.7 Å². The Morgan fingerprint density at radius 1 is 0.943 bits per heavy atom. The van der Waals surface area contributed by atoms with Crippen molar-refractivity contribution >= 4 is 86.9 Å². The molecule has 1 aliphatic rings.